The van der Waals surface area contributed by atoms with E-state index in [0.717, 1.165) is 6.07 Å². The normalized spacial score (nSPS) is 11.4. The fourth-order valence-corrected chi connectivity index (χ4v) is 3.21. The van der Waals surface area contributed by atoms with Crippen molar-refractivity contribution in [2.75, 3.05) is 4.72 Å². The van der Waals surface area contributed by atoms with Crippen molar-refractivity contribution in [2.24, 2.45) is 7.05 Å². The molecule has 0 saturated carbocycles. The van der Waals surface area contributed by atoms with Crippen molar-refractivity contribution in [1.82, 2.24) is 9.55 Å². The smallest absolute Gasteiger partial charge is 0.337 e. The summed E-state index contributed by atoms with van der Waals surface area (Å²) in [7, 11) is -2.49. The Labute approximate surface area is 130 Å². The molecule has 0 radical (unpaired) electrons. The lowest BCUT2D eigenvalue weighted by Gasteiger charge is -2.08. The molecule has 10 heteroatoms. The Morgan fingerprint density at radius 1 is 1.38 bits per heavy atom. The maximum absolute atomic E-state index is 12.2. The van der Waals surface area contributed by atoms with E-state index >= 15 is 0 Å². The number of carboxylic acid groups (broad SMARTS) is 1. The molecule has 0 aliphatic rings. The third kappa shape index (κ3) is 3.12. The van der Waals surface area contributed by atoms with Gasteiger partial charge in [0.15, 0.2) is 0 Å². The largest absolute Gasteiger partial charge is 0.478 e. The highest BCUT2D eigenvalue weighted by Crippen LogP contribution is 2.25. The van der Waals surface area contributed by atoms with E-state index in [-0.39, 0.29) is 26.5 Å². The molecule has 21 heavy (non-hydrogen) atoms. The Hall–Kier alpha value is -1.77. The molecule has 0 aliphatic carbocycles. The number of imidazole rings is 1. The summed E-state index contributed by atoms with van der Waals surface area (Å²) in [5.41, 5.74) is -0.178. The molecular formula is C11H9Cl2N3O4S. The molecule has 0 spiro atoms. The van der Waals surface area contributed by atoms with E-state index in [1.54, 1.807) is 7.05 Å². The number of nitrogens with zero attached hydrogens (tertiary/aromatic N) is 2. The van der Waals surface area contributed by atoms with E-state index in [0.29, 0.717) is 0 Å². The van der Waals surface area contributed by atoms with Crippen molar-refractivity contribution in [3.05, 3.63) is 40.3 Å². The number of nitrogens with one attached hydrogen (secondary N) is 1. The van der Waals surface area contributed by atoms with Gasteiger partial charge in [0.05, 0.1) is 16.9 Å². The van der Waals surface area contributed by atoms with Crippen LogP contribution in [0.25, 0.3) is 0 Å². The summed E-state index contributed by atoms with van der Waals surface area (Å²) in [5.74, 6) is -1.27. The molecule has 1 heterocycles. The number of aromatic carboxylic acids is 1. The fraction of sp³-hybridized carbons (Fsp3) is 0.0909. The van der Waals surface area contributed by atoms with Gasteiger partial charge in [-0.15, -0.1) is 0 Å². The molecule has 0 amide bonds. The number of benzene rings is 1. The van der Waals surface area contributed by atoms with Crippen LogP contribution in [0.3, 0.4) is 0 Å². The minimum atomic E-state index is -4.03. The second kappa shape index (κ2) is 5.55. The van der Waals surface area contributed by atoms with E-state index in [1.807, 2.05) is 0 Å². The van der Waals surface area contributed by atoms with Crippen LogP contribution in [0.15, 0.2) is 29.6 Å². The van der Waals surface area contributed by atoms with Gasteiger partial charge in [-0.2, -0.15) is 8.42 Å². The first-order valence-electron chi connectivity index (χ1n) is 5.45. The van der Waals surface area contributed by atoms with Crippen LogP contribution < -0.4 is 4.72 Å². The van der Waals surface area contributed by atoms with Crippen molar-refractivity contribution >= 4 is 44.9 Å². The van der Waals surface area contributed by atoms with Gasteiger partial charge in [0.1, 0.15) is 5.15 Å². The fourth-order valence-electron chi connectivity index (χ4n) is 1.53. The first kappa shape index (κ1) is 15.6. The highest BCUT2D eigenvalue weighted by molar-refractivity contribution is 7.92. The molecule has 0 bridgehead atoms. The van der Waals surface area contributed by atoms with Crippen LogP contribution in [0.4, 0.5) is 5.69 Å². The minimum absolute atomic E-state index is 0.00122. The van der Waals surface area contributed by atoms with Crippen molar-refractivity contribution in [1.29, 1.82) is 0 Å². The second-order valence-corrected chi connectivity index (χ2v) is 6.42. The van der Waals surface area contributed by atoms with Gasteiger partial charge >= 0.3 is 5.97 Å². The number of sulfonamides is 1. The highest BCUT2D eigenvalue weighted by atomic mass is 35.5. The number of carbonyl (C=O) groups is 1. The molecule has 0 fully saturated rings. The van der Waals surface area contributed by atoms with Crippen LogP contribution >= 0.6 is 23.2 Å². The van der Waals surface area contributed by atoms with Crippen LogP contribution in [-0.2, 0) is 17.1 Å². The van der Waals surface area contributed by atoms with Crippen molar-refractivity contribution in [3.8, 4) is 0 Å². The standard InChI is InChI=1S/C11H9Cl2N3O4S/c1-16-5-14-10(9(16)13)21(19,20)15-6-2-3-8(12)7(4-6)11(17)18/h2-5,15H,1H3,(H,17,18). The molecule has 2 N–H and O–H groups in total. The zero-order valence-corrected chi connectivity index (χ0v) is 12.9. The Kier molecular flexibility index (Phi) is 4.13. The van der Waals surface area contributed by atoms with Crippen molar-refractivity contribution in [3.63, 3.8) is 0 Å². The number of halogens is 2. The lowest BCUT2D eigenvalue weighted by atomic mass is 10.2. The van der Waals surface area contributed by atoms with Gasteiger partial charge in [0.2, 0.25) is 5.03 Å². The Balaban J connectivity index is 2.40. The van der Waals surface area contributed by atoms with E-state index in [1.165, 1.54) is 23.0 Å². The maximum atomic E-state index is 12.2. The second-order valence-electron chi connectivity index (χ2n) is 4.06. The summed E-state index contributed by atoms with van der Waals surface area (Å²) in [5, 5.41) is 8.55. The van der Waals surface area contributed by atoms with Gasteiger partial charge < -0.3 is 9.67 Å². The quantitative estimate of drug-likeness (QED) is 0.881. The third-order valence-electron chi connectivity index (χ3n) is 2.54. The van der Waals surface area contributed by atoms with Gasteiger partial charge in [-0.05, 0) is 18.2 Å². The van der Waals surface area contributed by atoms with E-state index in [4.69, 9.17) is 28.3 Å². The number of aryl methyl sites for hydroxylation is 1. The molecular weight excluding hydrogens is 341 g/mol. The summed E-state index contributed by atoms with van der Waals surface area (Å²) < 4.78 is 27.8. The average Bonchev–Trinajstić information content (AvgIpc) is 2.72. The molecule has 0 unspecified atom stereocenters. The molecule has 2 aromatic rings. The summed E-state index contributed by atoms with van der Waals surface area (Å²) in [6.07, 6.45) is 1.25. The van der Waals surface area contributed by atoms with Gasteiger partial charge in [-0.1, -0.05) is 23.2 Å². The van der Waals surface area contributed by atoms with Gasteiger partial charge in [-0.3, -0.25) is 4.72 Å². The number of rotatable bonds is 4. The van der Waals surface area contributed by atoms with Crippen LogP contribution in [0, 0.1) is 0 Å². The van der Waals surface area contributed by atoms with Crippen molar-refractivity contribution < 1.29 is 18.3 Å². The number of aromatic nitrogens is 2. The van der Waals surface area contributed by atoms with Crippen LogP contribution in [0.1, 0.15) is 10.4 Å². The zero-order chi connectivity index (χ0) is 15.8. The number of carboxylic acids is 1. The Morgan fingerprint density at radius 2 is 2.05 bits per heavy atom. The number of anilines is 1. The monoisotopic (exact) mass is 349 g/mol. The summed E-state index contributed by atoms with van der Waals surface area (Å²) in [6.45, 7) is 0. The topological polar surface area (TPSA) is 101 Å². The molecule has 0 atom stereocenters. The zero-order valence-electron chi connectivity index (χ0n) is 10.5. The number of hydrogen-bond donors (Lipinski definition) is 2. The highest BCUT2D eigenvalue weighted by Gasteiger charge is 2.23. The molecule has 1 aromatic heterocycles. The lowest BCUT2D eigenvalue weighted by molar-refractivity contribution is 0.0697. The molecule has 1 aromatic carbocycles. The first-order chi connectivity index (χ1) is 9.72. The van der Waals surface area contributed by atoms with Crippen molar-refractivity contribution in [2.45, 2.75) is 5.03 Å². The first-order valence-corrected chi connectivity index (χ1v) is 7.69. The third-order valence-corrected chi connectivity index (χ3v) is 4.74. The lowest BCUT2D eigenvalue weighted by Crippen LogP contribution is -2.14. The molecule has 0 aliphatic heterocycles. The van der Waals surface area contributed by atoms with Crippen LogP contribution in [-0.4, -0.2) is 29.0 Å². The molecule has 112 valence electrons. The SMILES string of the molecule is Cn1cnc(S(=O)(=O)Nc2ccc(Cl)c(C(=O)O)c2)c1Cl. The van der Waals surface area contributed by atoms with Gasteiger partial charge in [0.25, 0.3) is 10.0 Å². The van der Waals surface area contributed by atoms with E-state index in [2.05, 4.69) is 9.71 Å². The van der Waals surface area contributed by atoms with Crippen LogP contribution in [0.5, 0.6) is 0 Å². The molecule has 0 saturated heterocycles. The van der Waals surface area contributed by atoms with E-state index < -0.39 is 16.0 Å². The minimum Gasteiger partial charge on any atom is -0.478 e. The van der Waals surface area contributed by atoms with Crippen LogP contribution in [0.2, 0.25) is 10.2 Å². The molecule has 2 rings (SSSR count). The summed E-state index contributed by atoms with van der Waals surface area (Å²) in [4.78, 5) is 14.7. The Bertz CT molecular complexity index is 817. The predicted octanol–water partition coefficient (Wildman–Crippen LogP) is 2.23. The van der Waals surface area contributed by atoms with E-state index in [9.17, 15) is 13.2 Å². The van der Waals surface area contributed by atoms with Gasteiger partial charge in [-0.25, -0.2) is 9.78 Å². The predicted molar refractivity (Wildman–Crippen MR) is 77.4 cm³/mol. The summed E-state index contributed by atoms with van der Waals surface area (Å²) in [6, 6.07) is 3.73. The summed E-state index contributed by atoms with van der Waals surface area (Å²) >= 11 is 11.5. The maximum Gasteiger partial charge on any atom is 0.337 e. The average molecular weight is 350 g/mol. The Morgan fingerprint density at radius 3 is 2.57 bits per heavy atom. The molecule has 7 nitrogen and oxygen atoms in total. The number of hydrogen-bond acceptors (Lipinski definition) is 4. The van der Waals surface area contributed by atoms with Gasteiger partial charge in [0, 0.05) is 12.7 Å².